The minimum atomic E-state index is -0.466. The average Bonchev–Trinajstić information content (AvgIpc) is 2.56. The van der Waals surface area contributed by atoms with Crippen LogP contribution in [0.1, 0.15) is 18.9 Å². The summed E-state index contributed by atoms with van der Waals surface area (Å²) in [6, 6.07) is 5.84. The van der Waals surface area contributed by atoms with Gasteiger partial charge in [-0.05, 0) is 18.2 Å². The number of amides is 2. The van der Waals surface area contributed by atoms with E-state index >= 15 is 0 Å². The van der Waals surface area contributed by atoms with E-state index in [0.29, 0.717) is 38.4 Å². The van der Waals surface area contributed by atoms with Crippen LogP contribution < -0.4 is 5.32 Å². The Balaban J connectivity index is 1.80. The van der Waals surface area contributed by atoms with Gasteiger partial charge in [-0.1, -0.05) is 0 Å². The van der Waals surface area contributed by atoms with E-state index in [4.69, 9.17) is 5.26 Å². The number of benzene rings is 1. The molecule has 0 saturated carbocycles. The standard InChI is InChI=1S/C16H19FN4O2/c1-12(22)20-6-8-21(9-7-20)16(23)4-5-19-15-3-2-14(17)10-13(15)11-18/h2-3,10,19H,4-9H2,1H3. The Morgan fingerprint density at radius 2 is 1.91 bits per heavy atom. The van der Waals surface area contributed by atoms with Gasteiger partial charge in [0.1, 0.15) is 11.9 Å². The molecule has 0 radical (unpaired) electrons. The SMILES string of the molecule is CC(=O)N1CCN(C(=O)CCNc2ccc(F)cc2C#N)CC1. The summed E-state index contributed by atoms with van der Waals surface area (Å²) in [6.45, 7) is 4.09. The Morgan fingerprint density at radius 3 is 2.52 bits per heavy atom. The van der Waals surface area contributed by atoms with E-state index in [1.165, 1.54) is 19.1 Å². The highest BCUT2D eigenvalue weighted by Gasteiger charge is 2.21. The van der Waals surface area contributed by atoms with Crippen LogP contribution >= 0.6 is 0 Å². The van der Waals surface area contributed by atoms with Crippen LogP contribution in [-0.2, 0) is 9.59 Å². The number of halogens is 1. The molecule has 6 nitrogen and oxygen atoms in total. The largest absolute Gasteiger partial charge is 0.383 e. The van der Waals surface area contributed by atoms with E-state index in [2.05, 4.69) is 5.32 Å². The van der Waals surface area contributed by atoms with E-state index < -0.39 is 5.82 Å². The van der Waals surface area contributed by atoms with Gasteiger partial charge in [0.25, 0.3) is 0 Å². The molecule has 0 aromatic heterocycles. The zero-order valence-corrected chi connectivity index (χ0v) is 13.0. The molecule has 7 heteroatoms. The van der Waals surface area contributed by atoms with Crippen LogP contribution in [0.3, 0.4) is 0 Å². The van der Waals surface area contributed by atoms with Gasteiger partial charge in [0, 0.05) is 46.1 Å². The van der Waals surface area contributed by atoms with Crippen LogP contribution in [0.25, 0.3) is 0 Å². The topological polar surface area (TPSA) is 76.4 Å². The number of nitrogens with one attached hydrogen (secondary N) is 1. The van der Waals surface area contributed by atoms with Gasteiger partial charge in [-0.25, -0.2) is 4.39 Å². The molecule has 0 spiro atoms. The van der Waals surface area contributed by atoms with Crippen LogP contribution in [-0.4, -0.2) is 54.3 Å². The first-order chi connectivity index (χ1) is 11.0. The lowest BCUT2D eigenvalue weighted by atomic mass is 10.2. The molecule has 122 valence electrons. The van der Waals surface area contributed by atoms with Crippen LogP contribution in [0.2, 0.25) is 0 Å². The highest BCUT2D eigenvalue weighted by Crippen LogP contribution is 2.16. The smallest absolute Gasteiger partial charge is 0.224 e. The molecule has 1 heterocycles. The molecule has 23 heavy (non-hydrogen) atoms. The molecule has 1 fully saturated rings. The number of rotatable bonds is 4. The van der Waals surface area contributed by atoms with Crippen molar-refractivity contribution in [2.24, 2.45) is 0 Å². The predicted octanol–water partition coefficient (Wildman–Crippen LogP) is 1.19. The average molecular weight is 318 g/mol. The monoisotopic (exact) mass is 318 g/mol. The normalized spacial score (nSPS) is 14.3. The molecule has 2 amide bonds. The molecule has 2 rings (SSSR count). The van der Waals surface area contributed by atoms with Crippen LogP contribution in [0.5, 0.6) is 0 Å². The Bertz CT molecular complexity index is 633. The molecule has 1 N–H and O–H groups in total. The maximum Gasteiger partial charge on any atom is 0.224 e. The summed E-state index contributed by atoms with van der Waals surface area (Å²) in [4.78, 5) is 26.8. The first-order valence-corrected chi connectivity index (χ1v) is 7.48. The van der Waals surface area contributed by atoms with E-state index in [0.717, 1.165) is 6.07 Å². The fourth-order valence-electron chi connectivity index (χ4n) is 2.50. The number of hydrogen-bond donors (Lipinski definition) is 1. The van der Waals surface area contributed by atoms with Crippen molar-refractivity contribution >= 4 is 17.5 Å². The highest BCUT2D eigenvalue weighted by molar-refractivity contribution is 5.78. The van der Waals surface area contributed by atoms with Gasteiger partial charge in [0.15, 0.2) is 0 Å². The van der Waals surface area contributed by atoms with E-state index in [9.17, 15) is 14.0 Å². The summed E-state index contributed by atoms with van der Waals surface area (Å²) in [5, 5.41) is 11.9. The van der Waals surface area contributed by atoms with E-state index in [1.807, 2.05) is 6.07 Å². The van der Waals surface area contributed by atoms with Crippen molar-refractivity contribution in [3.63, 3.8) is 0 Å². The second-order valence-electron chi connectivity index (χ2n) is 5.37. The molecule has 0 bridgehead atoms. The zero-order chi connectivity index (χ0) is 16.8. The fraction of sp³-hybridized carbons (Fsp3) is 0.438. The Kier molecular flexibility index (Phi) is 5.52. The Hall–Kier alpha value is -2.62. The molecular formula is C16H19FN4O2. The number of nitriles is 1. The van der Waals surface area contributed by atoms with Crippen LogP contribution in [0.4, 0.5) is 10.1 Å². The number of carbonyl (C=O) groups is 2. The number of anilines is 1. The quantitative estimate of drug-likeness (QED) is 0.905. The predicted molar refractivity (Wildman–Crippen MR) is 83.1 cm³/mol. The second kappa shape index (κ2) is 7.58. The van der Waals surface area contributed by atoms with Crippen molar-refractivity contribution in [3.8, 4) is 6.07 Å². The Labute approximate surface area is 134 Å². The third kappa shape index (κ3) is 4.42. The zero-order valence-electron chi connectivity index (χ0n) is 13.0. The molecule has 1 aliphatic rings. The van der Waals surface area contributed by atoms with Gasteiger partial charge in [-0.2, -0.15) is 5.26 Å². The van der Waals surface area contributed by atoms with Crippen molar-refractivity contribution in [3.05, 3.63) is 29.6 Å². The maximum absolute atomic E-state index is 13.0. The Morgan fingerprint density at radius 1 is 1.26 bits per heavy atom. The first kappa shape index (κ1) is 16.7. The third-order valence-corrected chi connectivity index (χ3v) is 3.83. The van der Waals surface area contributed by atoms with Crippen LogP contribution in [0, 0.1) is 17.1 Å². The molecule has 0 unspecified atom stereocenters. The maximum atomic E-state index is 13.0. The van der Waals surface area contributed by atoms with Crippen molar-refractivity contribution in [2.75, 3.05) is 38.0 Å². The van der Waals surface area contributed by atoms with Gasteiger partial charge in [-0.3, -0.25) is 9.59 Å². The van der Waals surface area contributed by atoms with Gasteiger partial charge >= 0.3 is 0 Å². The summed E-state index contributed by atoms with van der Waals surface area (Å²) in [6.07, 6.45) is 0.280. The summed E-state index contributed by atoms with van der Waals surface area (Å²) < 4.78 is 13.0. The summed E-state index contributed by atoms with van der Waals surface area (Å²) in [5.41, 5.74) is 0.732. The number of piperazine rings is 1. The highest BCUT2D eigenvalue weighted by atomic mass is 19.1. The van der Waals surface area contributed by atoms with Crippen molar-refractivity contribution in [2.45, 2.75) is 13.3 Å². The lowest BCUT2D eigenvalue weighted by Crippen LogP contribution is -2.50. The number of hydrogen-bond acceptors (Lipinski definition) is 4. The van der Waals surface area contributed by atoms with Gasteiger partial charge < -0.3 is 15.1 Å². The lowest BCUT2D eigenvalue weighted by Gasteiger charge is -2.34. The van der Waals surface area contributed by atoms with Gasteiger partial charge in [0.05, 0.1) is 11.3 Å². The molecule has 1 aromatic carbocycles. The third-order valence-electron chi connectivity index (χ3n) is 3.83. The second-order valence-corrected chi connectivity index (χ2v) is 5.37. The van der Waals surface area contributed by atoms with Crippen molar-refractivity contribution in [1.29, 1.82) is 5.26 Å². The molecule has 0 aliphatic carbocycles. The number of carbonyl (C=O) groups excluding carboxylic acids is 2. The molecular weight excluding hydrogens is 299 g/mol. The summed E-state index contributed by atoms with van der Waals surface area (Å²) in [7, 11) is 0. The molecule has 1 saturated heterocycles. The molecule has 0 atom stereocenters. The molecule has 1 aliphatic heterocycles. The summed E-state index contributed by atoms with van der Waals surface area (Å²) >= 11 is 0. The minimum absolute atomic E-state index is 0.00122. The summed E-state index contributed by atoms with van der Waals surface area (Å²) in [5.74, 6) is -0.438. The molecule has 1 aromatic rings. The van der Waals surface area contributed by atoms with E-state index in [1.54, 1.807) is 9.80 Å². The van der Waals surface area contributed by atoms with E-state index in [-0.39, 0.29) is 23.8 Å². The van der Waals surface area contributed by atoms with Crippen molar-refractivity contribution < 1.29 is 14.0 Å². The van der Waals surface area contributed by atoms with Crippen molar-refractivity contribution in [1.82, 2.24) is 9.80 Å². The fourth-order valence-corrected chi connectivity index (χ4v) is 2.50. The lowest BCUT2D eigenvalue weighted by molar-refractivity contribution is -0.138. The van der Waals surface area contributed by atoms with Gasteiger partial charge in [0.2, 0.25) is 11.8 Å². The van der Waals surface area contributed by atoms with Gasteiger partial charge in [-0.15, -0.1) is 0 Å². The minimum Gasteiger partial charge on any atom is -0.383 e. The first-order valence-electron chi connectivity index (χ1n) is 7.48. The van der Waals surface area contributed by atoms with Crippen LogP contribution in [0.15, 0.2) is 18.2 Å². The number of nitrogens with zero attached hydrogens (tertiary/aromatic N) is 3.